The van der Waals surface area contributed by atoms with E-state index in [9.17, 15) is 4.79 Å². The van der Waals surface area contributed by atoms with Crippen molar-refractivity contribution in [1.82, 2.24) is 0 Å². The van der Waals surface area contributed by atoms with Gasteiger partial charge in [0.1, 0.15) is 0 Å². The van der Waals surface area contributed by atoms with Crippen molar-refractivity contribution in [1.29, 1.82) is 0 Å². The van der Waals surface area contributed by atoms with Crippen LogP contribution in [0, 0.1) is 11.3 Å². The average Bonchev–Trinajstić information content (AvgIpc) is 2.33. The van der Waals surface area contributed by atoms with Crippen LogP contribution in [0.25, 0.3) is 0 Å². The molecule has 0 aromatic carbocycles. The maximum Gasteiger partial charge on any atom is 0.306 e. The highest BCUT2D eigenvalue weighted by molar-refractivity contribution is 5.70. The molecule has 2 N–H and O–H groups in total. The fourth-order valence-corrected chi connectivity index (χ4v) is 2.61. The van der Waals surface area contributed by atoms with Crippen molar-refractivity contribution in [3.63, 3.8) is 0 Å². The molecule has 1 saturated heterocycles. The molecule has 1 aliphatic heterocycles. The lowest BCUT2D eigenvalue weighted by Crippen LogP contribution is -2.39. The van der Waals surface area contributed by atoms with E-state index >= 15 is 0 Å². The van der Waals surface area contributed by atoms with Gasteiger partial charge < -0.3 is 15.2 Å². The third-order valence-electron chi connectivity index (χ3n) is 4.19. The summed E-state index contributed by atoms with van der Waals surface area (Å²) < 4.78 is 10.6. The van der Waals surface area contributed by atoms with Crippen molar-refractivity contribution in [2.24, 2.45) is 17.1 Å². The molecule has 0 aromatic rings. The molecule has 1 saturated carbocycles. The van der Waals surface area contributed by atoms with Gasteiger partial charge in [-0.1, -0.05) is 6.42 Å². The van der Waals surface area contributed by atoms with E-state index in [0.717, 1.165) is 38.9 Å². The Morgan fingerprint density at radius 2 is 2.06 bits per heavy atom. The topological polar surface area (TPSA) is 61.6 Å². The molecule has 0 aromatic heterocycles. The predicted molar refractivity (Wildman–Crippen MR) is 64.5 cm³/mol. The standard InChI is InChI=1S/C13H23NO3/c14-10-13(4-1-5-13)8-12(15)17-9-11-2-6-16-7-3-11/h11H,1-10,14H2. The zero-order chi connectivity index (χ0) is 12.1. The average molecular weight is 241 g/mol. The third-order valence-corrected chi connectivity index (χ3v) is 4.19. The van der Waals surface area contributed by atoms with Gasteiger partial charge in [-0.05, 0) is 43.6 Å². The lowest BCUT2D eigenvalue weighted by Gasteiger charge is -2.40. The largest absolute Gasteiger partial charge is 0.465 e. The van der Waals surface area contributed by atoms with Crippen molar-refractivity contribution < 1.29 is 14.3 Å². The first-order chi connectivity index (χ1) is 8.24. The van der Waals surface area contributed by atoms with Crippen LogP contribution in [-0.4, -0.2) is 32.3 Å². The molecule has 0 unspecified atom stereocenters. The molecule has 0 atom stereocenters. The first-order valence-electron chi connectivity index (χ1n) is 6.68. The van der Waals surface area contributed by atoms with Gasteiger partial charge in [0.25, 0.3) is 0 Å². The van der Waals surface area contributed by atoms with Crippen molar-refractivity contribution in [2.75, 3.05) is 26.4 Å². The van der Waals surface area contributed by atoms with E-state index in [-0.39, 0.29) is 11.4 Å². The van der Waals surface area contributed by atoms with Gasteiger partial charge in [-0.25, -0.2) is 0 Å². The molecule has 0 amide bonds. The molecular weight excluding hydrogens is 218 g/mol. The fraction of sp³-hybridized carbons (Fsp3) is 0.923. The zero-order valence-corrected chi connectivity index (χ0v) is 10.5. The molecule has 4 nitrogen and oxygen atoms in total. The number of carbonyl (C=O) groups excluding carboxylic acids is 1. The van der Waals surface area contributed by atoms with Crippen LogP contribution in [0.3, 0.4) is 0 Å². The molecule has 2 fully saturated rings. The minimum atomic E-state index is -0.0679. The Balaban J connectivity index is 1.66. The predicted octanol–water partition coefficient (Wildman–Crippen LogP) is 1.48. The molecule has 2 rings (SSSR count). The smallest absolute Gasteiger partial charge is 0.306 e. The summed E-state index contributed by atoms with van der Waals surface area (Å²) in [5.41, 5.74) is 5.79. The van der Waals surface area contributed by atoms with Crippen LogP contribution < -0.4 is 5.73 Å². The Kier molecular flexibility index (Phi) is 4.40. The first-order valence-corrected chi connectivity index (χ1v) is 6.68. The molecule has 1 heterocycles. The fourth-order valence-electron chi connectivity index (χ4n) is 2.61. The molecule has 2 aliphatic rings. The van der Waals surface area contributed by atoms with Crippen LogP contribution in [0.2, 0.25) is 0 Å². The van der Waals surface area contributed by atoms with Crippen LogP contribution in [0.4, 0.5) is 0 Å². The summed E-state index contributed by atoms with van der Waals surface area (Å²) >= 11 is 0. The Bertz CT molecular complexity index is 252. The molecular formula is C13H23NO3. The summed E-state index contributed by atoms with van der Waals surface area (Å²) in [6.07, 6.45) is 5.88. The van der Waals surface area contributed by atoms with Crippen molar-refractivity contribution in [2.45, 2.75) is 38.5 Å². The highest BCUT2D eigenvalue weighted by Gasteiger charge is 2.38. The molecule has 17 heavy (non-hydrogen) atoms. The van der Waals surface area contributed by atoms with Crippen LogP contribution in [0.5, 0.6) is 0 Å². The van der Waals surface area contributed by atoms with E-state index in [4.69, 9.17) is 15.2 Å². The van der Waals surface area contributed by atoms with Crippen molar-refractivity contribution in [3.8, 4) is 0 Å². The van der Waals surface area contributed by atoms with Crippen LogP contribution in [-0.2, 0) is 14.3 Å². The number of hydrogen-bond acceptors (Lipinski definition) is 4. The lowest BCUT2D eigenvalue weighted by molar-refractivity contribution is -0.150. The van der Waals surface area contributed by atoms with Gasteiger partial charge in [0, 0.05) is 13.2 Å². The second-order valence-corrected chi connectivity index (χ2v) is 5.47. The zero-order valence-electron chi connectivity index (χ0n) is 10.5. The van der Waals surface area contributed by atoms with Crippen LogP contribution >= 0.6 is 0 Å². The maximum atomic E-state index is 11.7. The van der Waals surface area contributed by atoms with Gasteiger partial charge in [0.15, 0.2) is 0 Å². The van der Waals surface area contributed by atoms with Gasteiger partial charge in [0.2, 0.25) is 0 Å². The molecule has 0 bridgehead atoms. The first kappa shape index (κ1) is 12.8. The van der Waals surface area contributed by atoms with Gasteiger partial charge in [-0.2, -0.15) is 0 Å². The molecule has 1 aliphatic carbocycles. The van der Waals surface area contributed by atoms with Gasteiger partial charge >= 0.3 is 5.97 Å². The number of rotatable bonds is 5. The third kappa shape index (κ3) is 3.42. The second kappa shape index (κ2) is 5.83. The summed E-state index contributed by atoms with van der Waals surface area (Å²) in [5.74, 6) is 0.421. The summed E-state index contributed by atoms with van der Waals surface area (Å²) in [6.45, 7) is 2.77. The summed E-state index contributed by atoms with van der Waals surface area (Å²) in [4.78, 5) is 11.7. The highest BCUT2D eigenvalue weighted by Crippen LogP contribution is 2.43. The Morgan fingerprint density at radius 1 is 1.35 bits per heavy atom. The summed E-state index contributed by atoms with van der Waals surface area (Å²) in [7, 11) is 0. The van der Waals surface area contributed by atoms with Crippen molar-refractivity contribution in [3.05, 3.63) is 0 Å². The molecule has 4 heteroatoms. The Hall–Kier alpha value is -0.610. The van der Waals surface area contributed by atoms with Crippen molar-refractivity contribution >= 4 is 5.97 Å². The minimum absolute atomic E-state index is 0.0623. The number of carbonyl (C=O) groups is 1. The normalized spacial score (nSPS) is 24.1. The van der Waals surface area contributed by atoms with Gasteiger partial charge in [-0.15, -0.1) is 0 Å². The van der Waals surface area contributed by atoms with E-state index in [1.807, 2.05) is 0 Å². The van der Waals surface area contributed by atoms with E-state index in [1.54, 1.807) is 0 Å². The van der Waals surface area contributed by atoms with Gasteiger partial charge in [-0.3, -0.25) is 4.79 Å². The van der Waals surface area contributed by atoms with Crippen LogP contribution in [0.1, 0.15) is 38.5 Å². The van der Waals surface area contributed by atoms with E-state index in [1.165, 1.54) is 6.42 Å². The minimum Gasteiger partial charge on any atom is -0.465 e. The Labute approximate surface area is 103 Å². The second-order valence-electron chi connectivity index (χ2n) is 5.47. The number of ether oxygens (including phenoxy) is 2. The number of esters is 1. The van der Waals surface area contributed by atoms with E-state index in [2.05, 4.69) is 0 Å². The van der Waals surface area contributed by atoms with E-state index < -0.39 is 0 Å². The monoisotopic (exact) mass is 241 g/mol. The summed E-state index contributed by atoms with van der Waals surface area (Å²) in [5, 5.41) is 0. The molecule has 0 radical (unpaired) electrons. The van der Waals surface area contributed by atoms with E-state index in [0.29, 0.717) is 25.5 Å². The molecule has 0 spiro atoms. The Morgan fingerprint density at radius 3 is 2.59 bits per heavy atom. The number of hydrogen-bond donors (Lipinski definition) is 1. The highest BCUT2D eigenvalue weighted by atomic mass is 16.5. The van der Waals surface area contributed by atoms with Crippen LogP contribution in [0.15, 0.2) is 0 Å². The summed E-state index contributed by atoms with van der Waals surface area (Å²) in [6, 6.07) is 0. The lowest BCUT2D eigenvalue weighted by atomic mass is 9.67. The SMILES string of the molecule is NCC1(CC(=O)OCC2CCOCC2)CCC1. The quantitative estimate of drug-likeness (QED) is 0.740. The maximum absolute atomic E-state index is 11.7. The van der Waals surface area contributed by atoms with Gasteiger partial charge in [0.05, 0.1) is 13.0 Å². The molecule has 98 valence electrons. The number of nitrogens with two attached hydrogens (primary N) is 1.